The van der Waals surface area contributed by atoms with Gasteiger partial charge >= 0.3 is 0 Å². The molecule has 0 aliphatic carbocycles. The molecule has 2 rings (SSSR count). The minimum absolute atomic E-state index is 0.746. The summed E-state index contributed by atoms with van der Waals surface area (Å²) >= 11 is 0. The maximum absolute atomic E-state index is 5.60. The molecule has 2 N–H and O–H groups in total. The molecule has 0 bridgehead atoms. The normalized spacial score (nSPS) is 11.0. The minimum atomic E-state index is 0.746. The second-order valence-electron chi connectivity index (χ2n) is 4.52. The monoisotopic (exact) mass is 228 g/mol. The highest BCUT2D eigenvalue weighted by Crippen LogP contribution is 2.21. The molecule has 0 saturated heterocycles. The molecule has 0 aliphatic heterocycles. The zero-order valence-electron chi connectivity index (χ0n) is 10.7. The highest BCUT2D eigenvalue weighted by atomic mass is 14.7. The average molecular weight is 228 g/mol. The van der Waals surface area contributed by atoms with Crippen LogP contribution in [0.3, 0.4) is 0 Å². The fraction of sp³-hybridized carbons (Fsp3) is 0.400. The number of rotatable bonds is 4. The van der Waals surface area contributed by atoms with Crippen molar-refractivity contribution in [1.29, 1.82) is 0 Å². The summed E-state index contributed by atoms with van der Waals surface area (Å²) in [6.45, 7) is 4.98. The number of pyridine rings is 1. The highest BCUT2D eigenvalue weighted by Gasteiger charge is 2.04. The molecule has 0 fully saturated rings. The number of benzene rings is 1. The van der Waals surface area contributed by atoms with Gasteiger partial charge in [0.25, 0.3) is 0 Å². The molecule has 2 nitrogen and oxygen atoms in total. The van der Waals surface area contributed by atoms with E-state index < -0.39 is 0 Å². The van der Waals surface area contributed by atoms with Gasteiger partial charge in [-0.05, 0) is 62.1 Å². The van der Waals surface area contributed by atoms with Crippen LogP contribution < -0.4 is 5.73 Å². The van der Waals surface area contributed by atoms with Crippen molar-refractivity contribution < 1.29 is 0 Å². The first kappa shape index (κ1) is 12.1. The van der Waals surface area contributed by atoms with Gasteiger partial charge in [0.1, 0.15) is 0 Å². The average Bonchev–Trinajstić information content (AvgIpc) is 2.35. The Morgan fingerprint density at radius 3 is 2.76 bits per heavy atom. The lowest BCUT2D eigenvalue weighted by Crippen LogP contribution is -2.01. The van der Waals surface area contributed by atoms with Gasteiger partial charge in [0.05, 0.1) is 5.52 Å². The van der Waals surface area contributed by atoms with E-state index in [-0.39, 0.29) is 0 Å². The highest BCUT2D eigenvalue weighted by molar-refractivity contribution is 5.83. The van der Waals surface area contributed by atoms with E-state index in [1.165, 1.54) is 16.5 Å². The van der Waals surface area contributed by atoms with Gasteiger partial charge in [0, 0.05) is 11.1 Å². The van der Waals surface area contributed by atoms with E-state index in [0.717, 1.165) is 37.0 Å². The van der Waals surface area contributed by atoms with Crippen LogP contribution in [0.25, 0.3) is 10.9 Å². The van der Waals surface area contributed by atoms with Crippen molar-refractivity contribution in [2.24, 2.45) is 5.73 Å². The van der Waals surface area contributed by atoms with E-state index in [1.54, 1.807) is 0 Å². The summed E-state index contributed by atoms with van der Waals surface area (Å²) in [5, 5.41) is 1.29. The predicted octanol–water partition coefficient (Wildman–Crippen LogP) is 3.00. The fourth-order valence-electron chi connectivity index (χ4n) is 2.21. The van der Waals surface area contributed by atoms with Gasteiger partial charge in [-0.1, -0.05) is 13.0 Å². The molecule has 17 heavy (non-hydrogen) atoms. The number of nitrogens with zero attached hydrogens (tertiary/aromatic N) is 1. The largest absolute Gasteiger partial charge is 0.330 e. The minimum Gasteiger partial charge on any atom is -0.330 e. The SMILES string of the molecule is CCc1ccc2nc(C)cc(CCCN)c2c1. The number of fused-ring (bicyclic) bond motifs is 1. The van der Waals surface area contributed by atoms with Gasteiger partial charge in [0.15, 0.2) is 0 Å². The van der Waals surface area contributed by atoms with Crippen molar-refractivity contribution in [1.82, 2.24) is 4.98 Å². The Kier molecular flexibility index (Phi) is 3.75. The Morgan fingerprint density at radius 2 is 2.06 bits per heavy atom. The van der Waals surface area contributed by atoms with Crippen molar-refractivity contribution in [3.05, 3.63) is 41.1 Å². The van der Waals surface area contributed by atoms with Crippen LogP contribution in [0.1, 0.15) is 30.2 Å². The van der Waals surface area contributed by atoms with Crippen molar-refractivity contribution in [2.75, 3.05) is 6.54 Å². The Bertz CT molecular complexity index is 518. The number of aryl methyl sites for hydroxylation is 3. The van der Waals surface area contributed by atoms with E-state index in [4.69, 9.17) is 5.73 Å². The maximum Gasteiger partial charge on any atom is 0.0708 e. The first-order chi connectivity index (χ1) is 8.24. The first-order valence-electron chi connectivity index (χ1n) is 6.34. The van der Waals surface area contributed by atoms with Crippen LogP contribution in [0.2, 0.25) is 0 Å². The quantitative estimate of drug-likeness (QED) is 0.873. The molecule has 0 atom stereocenters. The van der Waals surface area contributed by atoms with E-state index in [0.29, 0.717) is 0 Å². The lowest BCUT2D eigenvalue weighted by Gasteiger charge is -2.09. The summed E-state index contributed by atoms with van der Waals surface area (Å²) in [5.41, 5.74) is 10.6. The molecule has 0 spiro atoms. The van der Waals surface area contributed by atoms with Crippen LogP contribution in [-0.4, -0.2) is 11.5 Å². The number of hydrogen-bond donors (Lipinski definition) is 1. The van der Waals surface area contributed by atoms with Gasteiger partial charge in [0.2, 0.25) is 0 Å². The summed E-state index contributed by atoms with van der Waals surface area (Å²) in [7, 11) is 0. The van der Waals surface area contributed by atoms with Crippen molar-refractivity contribution >= 4 is 10.9 Å². The lowest BCUT2D eigenvalue weighted by molar-refractivity contribution is 0.835. The van der Waals surface area contributed by atoms with Crippen LogP contribution in [0.5, 0.6) is 0 Å². The first-order valence-corrected chi connectivity index (χ1v) is 6.34. The fourth-order valence-corrected chi connectivity index (χ4v) is 2.21. The molecule has 1 heterocycles. The van der Waals surface area contributed by atoms with Crippen LogP contribution >= 0.6 is 0 Å². The third-order valence-electron chi connectivity index (χ3n) is 3.15. The maximum atomic E-state index is 5.60. The topological polar surface area (TPSA) is 38.9 Å². The second-order valence-corrected chi connectivity index (χ2v) is 4.52. The second kappa shape index (κ2) is 5.28. The molecule has 2 aromatic rings. The molecule has 0 aliphatic rings. The lowest BCUT2D eigenvalue weighted by atomic mass is 10.0. The molecule has 0 saturated carbocycles. The van der Waals surface area contributed by atoms with Gasteiger partial charge in [-0.3, -0.25) is 4.98 Å². The Hall–Kier alpha value is -1.41. The Balaban J connectivity index is 2.53. The summed E-state index contributed by atoms with van der Waals surface area (Å²) in [6, 6.07) is 8.76. The van der Waals surface area contributed by atoms with E-state index in [1.807, 2.05) is 0 Å². The van der Waals surface area contributed by atoms with Crippen LogP contribution in [0, 0.1) is 6.92 Å². The molecule has 0 amide bonds. The molecule has 1 aromatic heterocycles. The van der Waals surface area contributed by atoms with E-state index >= 15 is 0 Å². The van der Waals surface area contributed by atoms with Gasteiger partial charge in [-0.2, -0.15) is 0 Å². The zero-order valence-corrected chi connectivity index (χ0v) is 10.7. The Morgan fingerprint density at radius 1 is 1.24 bits per heavy atom. The van der Waals surface area contributed by atoms with Crippen molar-refractivity contribution in [3.8, 4) is 0 Å². The standard InChI is InChI=1S/C15H20N2/c1-3-12-6-7-15-14(10-12)13(5-4-8-16)9-11(2)17-15/h6-7,9-10H,3-5,8,16H2,1-2H3. The van der Waals surface area contributed by atoms with Crippen LogP contribution in [-0.2, 0) is 12.8 Å². The molecular weight excluding hydrogens is 208 g/mol. The number of hydrogen-bond acceptors (Lipinski definition) is 2. The molecule has 90 valence electrons. The van der Waals surface area contributed by atoms with Crippen molar-refractivity contribution in [3.63, 3.8) is 0 Å². The van der Waals surface area contributed by atoms with Gasteiger partial charge in [-0.15, -0.1) is 0 Å². The summed E-state index contributed by atoms with van der Waals surface area (Å²) in [5.74, 6) is 0. The third kappa shape index (κ3) is 2.64. The van der Waals surface area contributed by atoms with Crippen LogP contribution in [0.4, 0.5) is 0 Å². The summed E-state index contributed by atoms with van der Waals surface area (Å²) < 4.78 is 0. The van der Waals surface area contributed by atoms with Crippen molar-refractivity contribution in [2.45, 2.75) is 33.1 Å². The number of aromatic nitrogens is 1. The van der Waals surface area contributed by atoms with Crippen LogP contribution in [0.15, 0.2) is 24.3 Å². The van der Waals surface area contributed by atoms with Gasteiger partial charge < -0.3 is 5.73 Å². The third-order valence-corrected chi connectivity index (χ3v) is 3.15. The summed E-state index contributed by atoms with van der Waals surface area (Å²) in [4.78, 5) is 4.59. The molecular formula is C15H20N2. The van der Waals surface area contributed by atoms with E-state index in [9.17, 15) is 0 Å². The van der Waals surface area contributed by atoms with E-state index in [2.05, 4.69) is 43.1 Å². The number of nitrogens with two attached hydrogens (primary N) is 1. The Labute approximate surface area is 103 Å². The van der Waals surface area contributed by atoms with Gasteiger partial charge in [-0.25, -0.2) is 0 Å². The smallest absolute Gasteiger partial charge is 0.0708 e. The molecule has 1 aromatic carbocycles. The molecule has 0 radical (unpaired) electrons. The molecule has 0 unspecified atom stereocenters. The zero-order chi connectivity index (χ0) is 12.3. The predicted molar refractivity (Wildman–Crippen MR) is 73.2 cm³/mol. The summed E-state index contributed by atoms with van der Waals surface area (Å²) in [6.07, 6.45) is 3.15. The molecule has 2 heteroatoms.